The van der Waals surface area contributed by atoms with E-state index in [9.17, 15) is 17.3 Å². The molecule has 0 heterocycles. The monoisotopic (exact) mass is 242 g/mol. The van der Waals surface area contributed by atoms with Gasteiger partial charge in [-0.25, -0.2) is 4.39 Å². The Labute approximate surface area is 128 Å². The van der Waals surface area contributed by atoms with Gasteiger partial charge in [0.1, 0.15) is 5.82 Å². The predicted molar refractivity (Wildman–Crippen MR) is 49.2 cm³/mol. The van der Waals surface area contributed by atoms with Crippen LogP contribution in [-0.4, -0.2) is 6.98 Å². The number of rotatable bonds is 2. The van der Waals surface area contributed by atoms with Gasteiger partial charge in [0, 0.05) is 5.56 Å². The number of aryl methyl sites for hydroxylation is 1. The molecule has 0 atom stereocenters. The first-order valence-electron chi connectivity index (χ1n) is 4.04. The molecule has 6 heteroatoms. The molecular weight excluding hydrogens is 234 g/mol. The zero-order chi connectivity index (χ0) is 10.8. The van der Waals surface area contributed by atoms with Crippen molar-refractivity contribution in [2.24, 2.45) is 0 Å². The minimum absolute atomic E-state index is 0. The number of benzene rings is 1. The molecule has 0 saturated heterocycles. The number of hydrogen-bond acceptors (Lipinski definition) is 0. The Morgan fingerprint density at radius 1 is 1.20 bits per heavy atom. The molecule has 0 nitrogen and oxygen atoms in total. The van der Waals surface area contributed by atoms with Gasteiger partial charge in [-0.15, -0.1) is 5.98 Å². The molecule has 0 aromatic heterocycles. The van der Waals surface area contributed by atoms with Crippen LogP contribution < -0.4 is 51.4 Å². The average molecular weight is 242 g/mol. The van der Waals surface area contributed by atoms with Crippen LogP contribution in [0.25, 0.3) is 6.08 Å². The standard InChI is InChI=1S/C9H8BF4.K/c1-7-3-2-4-8(9(7)11)5-6-10(12,13)14;/h2-6H,1H3;/q-1;+1/b6-5+;. The summed E-state index contributed by atoms with van der Waals surface area (Å²) in [6.07, 6.45) is 0.752. The Kier molecular flexibility index (Phi) is 6.36. The van der Waals surface area contributed by atoms with Crippen LogP contribution in [0, 0.1) is 12.7 Å². The summed E-state index contributed by atoms with van der Waals surface area (Å²) >= 11 is 0. The molecular formula is C9H8BF4K. The smallest absolute Gasteiger partial charge is 0.445 e. The Bertz CT molecular complexity index is 360. The summed E-state index contributed by atoms with van der Waals surface area (Å²) in [6, 6.07) is 4.33. The van der Waals surface area contributed by atoms with Gasteiger partial charge in [0.05, 0.1) is 0 Å². The molecule has 76 valence electrons. The number of halogens is 4. The number of hydrogen-bond donors (Lipinski definition) is 0. The van der Waals surface area contributed by atoms with Crippen LogP contribution in [0.15, 0.2) is 24.2 Å². The molecule has 1 aromatic rings. The molecule has 0 N–H and O–H groups in total. The van der Waals surface area contributed by atoms with Crippen LogP contribution in [0.5, 0.6) is 0 Å². The Morgan fingerprint density at radius 2 is 1.80 bits per heavy atom. The van der Waals surface area contributed by atoms with Gasteiger partial charge < -0.3 is 12.9 Å². The Hall–Kier alpha value is 0.381. The minimum atomic E-state index is -5.00. The molecule has 0 spiro atoms. The maximum Gasteiger partial charge on any atom is 1.00 e. The van der Waals surface area contributed by atoms with Crippen LogP contribution in [0.4, 0.5) is 17.3 Å². The molecule has 1 rings (SSSR count). The minimum Gasteiger partial charge on any atom is -0.445 e. The van der Waals surface area contributed by atoms with Crippen molar-refractivity contribution in [3.05, 3.63) is 41.1 Å². The van der Waals surface area contributed by atoms with E-state index in [1.807, 2.05) is 0 Å². The van der Waals surface area contributed by atoms with Gasteiger partial charge in [0.25, 0.3) is 0 Å². The van der Waals surface area contributed by atoms with Crippen LogP contribution >= 0.6 is 0 Å². The molecule has 0 unspecified atom stereocenters. The van der Waals surface area contributed by atoms with E-state index in [4.69, 9.17) is 0 Å². The van der Waals surface area contributed by atoms with Crippen molar-refractivity contribution in [3.8, 4) is 0 Å². The van der Waals surface area contributed by atoms with Crippen molar-refractivity contribution in [1.82, 2.24) is 0 Å². The topological polar surface area (TPSA) is 0 Å². The van der Waals surface area contributed by atoms with Crippen molar-refractivity contribution in [3.63, 3.8) is 0 Å². The summed E-state index contributed by atoms with van der Waals surface area (Å²) in [6.45, 7) is -3.50. The van der Waals surface area contributed by atoms with Crippen molar-refractivity contribution in [1.29, 1.82) is 0 Å². The molecule has 0 radical (unpaired) electrons. The quantitative estimate of drug-likeness (QED) is 0.524. The van der Waals surface area contributed by atoms with Gasteiger partial charge in [0.15, 0.2) is 0 Å². The second-order valence-corrected chi connectivity index (χ2v) is 2.96. The Balaban J connectivity index is 0.00000196. The molecule has 15 heavy (non-hydrogen) atoms. The van der Waals surface area contributed by atoms with Gasteiger partial charge in [0.2, 0.25) is 0 Å². The molecule has 0 aliphatic carbocycles. The van der Waals surface area contributed by atoms with E-state index in [1.165, 1.54) is 25.1 Å². The third-order valence-electron chi connectivity index (χ3n) is 1.72. The Morgan fingerprint density at radius 3 is 2.33 bits per heavy atom. The van der Waals surface area contributed by atoms with Crippen molar-refractivity contribution >= 4 is 13.1 Å². The van der Waals surface area contributed by atoms with E-state index >= 15 is 0 Å². The van der Waals surface area contributed by atoms with E-state index in [-0.39, 0.29) is 62.9 Å². The van der Waals surface area contributed by atoms with E-state index in [2.05, 4.69) is 0 Å². The van der Waals surface area contributed by atoms with Crippen LogP contribution in [-0.2, 0) is 0 Å². The first-order valence-corrected chi connectivity index (χ1v) is 4.04. The molecule has 1 aromatic carbocycles. The first kappa shape index (κ1) is 15.4. The third-order valence-corrected chi connectivity index (χ3v) is 1.72. The summed E-state index contributed by atoms with van der Waals surface area (Å²) in [5.74, 6) is -0.526. The molecule has 0 saturated carbocycles. The molecule has 0 aliphatic rings. The fraction of sp³-hybridized carbons (Fsp3) is 0.111. The third kappa shape index (κ3) is 5.31. The largest absolute Gasteiger partial charge is 1.00 e. The van der Waals surface area contributed by atoms with E-state index in [1.54, 1.807) is 0 Å². The molecule has 0 amide bonds. The summed E-state index contributed by atoms with van der Waals surface area (Å²) < 4.78 is 48.6. The second-order valence-electron chi connectivity index (χ2n) is 2.96. The summed E-state index contributed by atoms with van der Waals surface area (Å²) in [7, 11) is 0. The normalized spacial score (nSPS) is 11.5. The fourth-order valence-corrected chi connectivity index (χ4v) is 1.01. The maximum atomic E-state index is 13.2. The molecule has 0 aliphatic heterocycles. The zero-order valence-electron chi connectivity index (χ0n) is 8.48. The van der Waals surface area contributed by atoms with Gasteiger partial charge in [-0.05, 0) is 12.5 Å². The van der Waals surface area contributed by atoms with Gasteiger partial charge >= 0.3 is 58.4 Å². The van der Waals surface area contributed by atoms with E-state index in [0.717, 1.165) is 6.08 Å². The summed E-state index contributed by atoms with van der Waals surface area (Å²) in [5.41, 5.74) is 0.297. The van der Waals surface area contributed by atoms with Crippen molar-refractivity contribution in [2.45, 2.75) is 6.92 Å². The predicted octanol–water partition coefficient (Wildman–Crippen LogP) is 0.538. The van der Waals surface area contributed by atoms with Gasteiger partial charge in [-0.3, -0.25) is 0 Å². The van der Waals surface area contributed by atoms with E-state index in [0.29, 0.717) is 5.56 Å². The summed E-state index contributed by atoms with van der Waals surface area (Å²) in [5, 5.41) is 0. The second kappa shape index (κ2) is 6.20. The molecule has 0 bridgehead atoms. The van der Waals surface area contributed by atoms with Gasteiger partial charge in [-0.1, -0.05) is 24.3 Å². The van der Waals surface area contributed by atoms with Gasteiger partial charge in [-0.2, -0.15) is 0 Å². The molecule has 0 fully saturated rings. The van der Waals surface area contributed by atoms with Crippen molar-refractivity contribution in [2.75, 3.05) is 0 Å². The van der Waals surface area contributed by atoms with Crippen LogP contribution in [0.1, 0.15) is 11.1 Å². The van der Waals surface area contributed by atoms with E-state index < -0.39 is 12.8 Å². The summed E-state index contributed by atoms with van der Waals surface area (Å²) in [4.78, 5) is 0. The van der Waals surface area contributed by atoms with Crippen LogP contribution in [0.2, 0.25) is 0 Å². The zero-order valence-corrected chi connectivity index (χ0v) is 11.6. The van der Waals surface area contributed by atoms with Crippen LogP contribution in [0.3, 0.4) is 0 Å². The maximum absolute atomic E-state index is 13.2. The van der Waals surface area contributed by atoms with Crippen molar-refractivity contribution < 1.29 is 68.7 Å². The first-order chi connectivity index (χ1) is 6.40. The fourth-order valence-electron chi connectivity index (χ4n) is 1.01. The SMILES string of the molecule is Cc1cccc(/C=C/[B-](F)(F)F)c1F.[K+]. The average Bonchev–Trinajstić information content (AvgIpc) is 2.06.